The number of aromatic nitrogens is 3. The molecule has 2 aromatic rings. The predicted octanol–water partition coefficient (Wildman–Crippen LogP) is 0.937. The fourth-order valence-corrected chi connectivity index (χ4v) is 2.71. The average molecular weight is 367 g/mol. The number of hydrogen-bond acceptors (Lipinski definition) is 8. The Bertz CT molecular complexity index is 829. The minimum atomic E-state index is -0.838. The monoisotopic (exact) mass is 367 g/mol. The van der Waals surface area contributed by atoms with Crippen LogP contribution in [0.1, 0.15) is 23.0 Å². The van der Waals surface area contributed by atoms with Gasteiger partial charge in [-0.15, -0.1) is 11.8 Å². The van der Waals surface area contributed by atoms with Gasteiger partial charge in [-0.3, -0.25) is 14.6 Å². The number of thiocarbonyl (C=S) groups is 1. The van der Waals surface area contributed by atoms with Crippen molar-refractivity contribution in [3.8, 4) is 5.88 Å². The van der Waals surface area contributed by atoms with Gasteiger partial charge in [0.05, 0.1) is 17.9 Å². The van der Waals surface area contributed by atoms with Crippen molar-refractivity contribution >= 4 is 40.1 Å². The van der Waals surface area contributed by atoms with Crippen molar-refractivity contribution < 1.29 is 19.4 Å². The van der Waals surface area contributed by atoms with Crippen LogP contribution in [0.2, 0.25) is 0 Å². The zero-order valence-corrected chi connectivity index (χ0v) is 14.1. The van der Waals surface area contributed by atoms with E-state index in [1.807, 2.05) is 0 Å². The number of thioether (sulfide) groups is 1. The number of rotatable bonds is 5. The van der Waals surface area contributed by atoms with Gasteiger partial charge in [0.25, 0.3) is 5.91 Å². The van der Waals surface area contributed by atoms with Crippen molar-refractivity contribution in [2.45, 2.75) is 6.92 Å². The van der Waals surface area contributed by atoms with E-state index < -0.39 is 23.4 Å². The number of nitrogens with zero attached hydrogens (tertiary/aromatic N) is 2. The van der Waals surface area contributed by atoms with E-state index in [0.29, 0.717) is 4.57 Å². The molecule has 10 heteroatoms. The third kappa shape index (κ3) is 3.89. The second-order valence-corrected chi connectivity index (χ2v) is 6.04. The highest BCUT2D eigenvalue weighted by Crippen LogP contribution is 2.21. The highest BCUT2D eigenvalue weighted by atomic mass is 32.2. The van der Waals surface area contributed by atoms with Crippen LogP contribution in [0.3, 0.4) is 0 Å². The summed E-state index contributed by atoms with van der Waals surface area (Å²) < 4.78 is 5.39. The number of esters is 1. The van der Waals surface area contributed by atoms with Crippen molar-refractivity contribution in [3.05, 3.63) is 46.3 Å². The summed E-state index contributed by atoms with van der Waals surface area (Å²) in [6.07, 6.45) is 2.75. The van der Waals surface area contributed by atoms with Crippen molar-refractivity contribution in [2.75, 3.05) is 12.4 Å². The number of aromatic amines is 1. The van der Waals surface area contributed by atoms with Crippen LogP contribution in [0.25, 0.3) is 0 Å². The van der Waals surface area contributed by atoms with E-state index in [4.69, 9.17) is 17.0 Å². The van der Waals surface area contributed by atoms with Crippen LogP contribution in [0, 0.1) is 0 Å². The third-order valence-corrected chi connectivity index (χ3v) is 4.22. The first-order valence-corrected chi connectivity index (χ1v) is 8.16. The van der Waals surface area contributed by atoms with E-state index in [1.54, 1.807) is 6.92 Å². The quantitative estimate of drug-likeness (QED) is 0.593. The van der Waals surface area contributed by atoms with E-state index in [0.717, 1.165) is 11.8 Å². The highest BCUT2D eigenvalue weighted by molar-refractivity contribution is 8.24. The molecule has 2 N–H and O–H groups in total. The molecular weight excluding hydrogens is 354 g/mol. The van der Waals surface area contributed by atoms with E-state index in [2.05, 4.69) is 9.97 Å². The molecule has 0 atom stereocenters. The topological polar surface area (TPSA) is 114 Å². The predicted molar refractivity (Wildman–Crippen MR) is 91.5 cm³/mol. The first-order chi connectivity index (χ1) is 11.5. The molecule has 0 fully saturated rings. The van der Waals surface area contributed by atoms with Gasteiger partial charge in [0.1, 0.15) is 9.89 Å². The molecule has 0 aromatic carbocycles. The van der Waals surface area contributed by atoms with Gasteiger partial charge in [0.2, 0.25) is 5.88 Å². The number of carbonyl (C=O) groups excluding carboxylic acids is 2. The summed E-state index contributed by atoms with van der Waals surface area (Å²) >= 11 is 5.99. The maximum atomic E-state index is 12.3. The van der Waals surface area contributed by atoms with Crippen LogP contribution < -0.4 is 5.69 Å². The van der Waals surface area contributed by atoms with Gasteiger partial charge in [-0.05, 0) is 19.1 Å². The molecule has 0 spiro atoms. The molecule has 2 heterocycles. The molecule has 2 rings (SSSR count). The molecule has 0 aliphatic heterocycles. The first kappa shape index (κ1) is 17.9. The molecule has 0 aliphatic carbocycles. The summed E-state index contributed by atoms with van der Waals surface area (Å²) in [5, 5.41) is 10.2. The van der Waals surface area contributed by atoms with E-state index in [-0.39, 0.29) is 27.8 Å². The molecule has 8 nitrogen and oxygen atoms in total. The SMILES string of the molecule is CCOC(=O)CSC(=S)c1[nH]c(=O)n(C(=O)c2cccnc2)c1O. The number of carbonyl (C=O) groups is 2. The van der Waals surface area contributed by atoms with Crippen LogP contribution in [0.15, 0.2) is 29.3 Å². The molecule has 0 unspecified atom stereocenters. The number of hydrogen-bond donors (Lipinski definition) is 2. The summed E-state index contributed by atoms with van der Waals surface area (Å²) in [6, 6.07) is 2.99. The second-order valence-electron chi connectivity index (χ2n) is 4.39. The molecule has 24 heavy (non-hydrogen) atoms. The number of ether oxygens (including phenoxy) is 1. The van der Waals surface area contributed by atoms with Crippen molar-refractivity contribution in [2.24, 2.45) is 0 Å². The number of nitrogens with one attached hydrogen (secondary N) is 1. The Morgan fingerprint density at radius 3 is 2.88 bits per heavy atom. The zero-order chi connectivity index (χ0) is 17.7. The molecule has 126 valence electrons. The van der Waals surface area contributed by atoms with Gasteiger partial charge in [-0.2, -0.15) is 4.57 Å². The fraction of sp³-hybridized carbons (Fsp3) is 0.214. The van der Waals surface area contributed by atoms with Gasteiger partial charge in [0.15, 0.2) is 0 Å². The standard InChI is InChI=1S/C14H13N3O5S2/c1-2-22-9(18)7-24-13(23)10-12(20)17(14(21)16-10)11(19)8-4-3-5-15-6-8/h3-6,20H,2,7H2,1H3,(H,16,21). The van der Waals surface area contributed by atoms with Gasteiger partial charge < -0.3 is 14.8 Å². The Labute approximate surface area is 145 Å². The molecular formula is C14H13N3O5S2. The van der Waals surface area contributed by atoms with Crippen LogP contribution in [-0.4, -0.2) is 48.1 Å². The molecule has 2 aromatic heterocycles. The van der Waals surface area contributed by atoms with Crippen LogP contribution in [0.4, 0.5) is 0 Å². The molecule has 0 aliphatic rings. The third-order valence-electron chi connectivity index (χ3n) is 2.81. The minimum absolute atomic E-state index is 0.0652. The first-order valence-electron chi connectivity index (χ1n) is 6.77. The Morgan fingerprint density at radius 1 is 1.50 bits per heavy atom. The lowest BCUT2D eigenvalue weighted by Gasteiger charge is -2.04. The van der Waals surface area contributed by atoms with E-state index in [9.17, 15) is 19.5 Å². The highest BCUT2D eigenvalue weighted by Gasteiger charge is 2.23. The Hall–Kier alpha value is -2.46. The summed E-state index contributed by atoms with van der Waals surface area (Å²) in [6.45, 7) is 1.92. The lowest BCUT2D eigenvalue weighted by atomic mass is 10.3. The smallest absolute Gasteiger partial charge is 0.336 e. The lowest BCUT2D eigenvalue weighted by Crippen LogP contribution is -2.24. The van der Waals surface area contributed by atoms with Crippen molar-refractivity contribution in [3.63, 3.8) is 0 Å². The van der Waals surface area contributed by atoms with Gasteiger partial charge in [0, 0.05) is 12.4 Å². The van der Waals surface area contributed by atoms with Crippen LogP contribution >= 0.6 is 24.0 Å². The van der Waals surface area contributed by atoms with E-state index >= 15 is 0 Å². The Balaban J connectivity index is 2.23. The Kier molecular flexibility index (Phi) is 5.88. The normalized spacial score (nSPS) is 10.4. The van der Waals surface area contributed by atoms with Crippen LogP contribution in [-0.2, 0) is 9.53 Å². The molecule has 0 saturated heterocycles. The van der Waals surface area contributed by atoms with Gasteiger partial charge in [-0.25, -0.2) is 4.79 Å². The lowest BCUT2D eigenvalue weighted by molar-refractivity contribution is -0.139. The Morgan fingerprint density at radius 2 is 2.25 bits per heavy atom. The van der Waals surface area contributed by atoms with E-state index in [1.165, 1.54) is 24.5 Å². The van der Waals surface area contributed by atoms with Crippen LogP contribution in [0.5, 0.6) is 5.88 Å². The number of aromatic hydroxyl groups is 1. The maximum absolute atomic E-state index is 12.3. The molecule has 0 saturated carbocycles. The maximum Gasteiger partial charge on any atom is 0.336 e. The largest absolute Gasteiger partial charge is 0.493 e. The zero-order valence-electron chi connectivity index (χ0n) is 12.5. The minimum Gasteiger partial charge on any atom is -0.493 e. The second kappa shape index (κ2) is 7.88. The van der Waals surface area contributed by atoms with Gasteiger partial charge in [-0.1, -0.05) is 12.2 Å². The molecule has 0 radical (unpaired) electrons. The van der Waals surface area contributed by atoms with Gasteiger partial charge >= 0.3 is 11.7 Å². The number of pyridine rings is 1. The number of imidazole rings is 1. The molecule has 0 amide bonds. The summed E-state index contributed by atoms with van der Waals surface area (Å²) in [5.74, 6) is -1.91. The fourth-order valence-electron chi connectivity index (χ4n) is 1.78. The summed E-state index contributed by atoms with van der Waals surface area (Å²) in [4.78, 5) is 41.7. The number of H-pyrrole nitrogens is 1. The average Bonchev–Trinajstić information content (AvgIpc) is 2.88. The molecule has 0 bridgehead atoms. The summed E-state index contributed by atoms with van der Waals surface area (Å²) in [5.41, 5.74) is -0.803. The van der Waals surface area contributed by atoms with Crippen molar-refractivity contribution in [1.82, 2.24) is 14.5 Å². The summed E-state index contributed by atoms with van der Waals surface area (Å²) in [7, 11) is 0. The van der Waals surface area contributed by atoms with Crippen molar-refractivity contribution in [1.29, 1.82) is 0 Å².